The van der Waals surface area contributed by atoms with Crippen molar-refractivity contribution in [3.05, 3.63) is 74.9 Å². The Morgan fingerprint density at radius 3 is 2.74 bits per heavy atom. The van der Waals surface area contributed by atoms with Crippen LogP contribution in [0.3, 0.4) is 0 Å². The van der Waals surface area contributed by atoms with Crippen molar-refractivity contribution in [2.45, 2.75) is 13.5 Å². The molecule has 0 fully saturated rings. The summed E-state index contributed by atoms with van der Waals surface area (Å²) < 4.78 is 6.71. The van der Waals surface area contributed by atoms with Crippen LogP contribution in [0.25, 0.3) is 11.3 Å². The van der Waals surface area contributed by atoms with Crippen molar-refractivity contribution < 1.29 is 4.52 Å². The molecule has 5 nitrogen and oxygen atoms in total. The van der Waals surface area contributed by atoms with E-state index < -0.39 is 0 Å². The van der Waals surface area contributed by atoms with Crippen molar-refractivity contribution in [2.75, 3.05) is 0 Å². The van der Waals surface area contributed by atoms with E-state index in [0.717, 1.165) is 5.56 Å². The third-order valence-corrected chi connectivity index (χ3v) is 3.76. The van der Waals surface area contributed by atoms with Crippen LogP contribution in [0.5, 0.6) is 0 Å². The van der Waals surface area contributed by atoms with Gasteiger partial charge in [-0.3, -0.25) is 4.79 Å². The highest BCUT2D eigenvalue weighted by Gasteiger charge is 2.11. The minimum absolute atomic E-state index is 0.143. The van der Waals surface area contributed by atoms with Gasteiger partial charge < -0.3 is 9.09 Å². The smallest absolute Gasteiger partial charge is 0.269 e. The van der Waals surface area contributed by atoms with Crippen molar-refractivity contribution in [1.82, 2.24) is 9.72 Å². The number of hydrogen-bond donors (Lipinski definition) is 0. The van der Waals surface area contributed by atoms with Crippen molar-refractivity contribution in [3.63, 3.8) is 0 Å². The number of halogens is 1. The van der Waals surface area contributed by atoms with E-state index >= 15 is 0 Å². The molecule has 0 aliphatic carbocycles. The van der Waals surface area contributed by atoms with E-state index in [2.05, 4.69) is 5.16 Å². The van der Waals surface area contributed by atoms with Gasteiger partial charge in [-0.2, -0.15) is 5.26 Å². The second-order valence-corrected chi connectivity index (χ2v) is 5.54. The molecule has 0 unspecified atom stereocenters. The zero-order valence-corrected chi connectivity index (χ0v) is 13.0. The zero-order chi connectivity index (χ0) is 16.4. The van der Waals surface area contributed by atoms with Crippen LogP contribution in [0.4, 0.5) is 0 Å². The largest absolute Gasteiger partial charge is 0.359 e. The van der Waals surface area contributed by atoms with Gasteiger partial charge in [-0.15, -0.1) is 0 Å². The fourth-order valence-corrected chi connectivity index (χ4v) is 2.36. The Balaban J connectivity index is 1.90. The highest BCUT2D eigenvalue weighted by Crippen LogP contribution is 2.21. The number of rotatable bonds is 3. The Kier molecular flexibility index (Phi) is 4.00. The van der Waals surface area contributed by atoms with E-state index in [1.807, 2.05) is 18.2 Å². The molecule has 23 heavy (non-hydrogen) atoms. The van der Waals surface area contributed by atoms with Gasteiger partial charge in [0, 0.05) is 22.8 Å². The van der Waals surface area contributed by atoms with Gasteiger partial charge in [-0.1, -0.05) is 28.9 Å². The number of pyridine rings is 1. The first-order chi connectivity index (χ1) is 11.1. The van der Waals surface area contributed by atoms with Crippen molar-refractivity contribution >= 4 is 11.6 Å². The van der Waals surface area contributed by atoms with Gasteiger partial charge in [0.2, 0.25) is 0 Å². The third kappa shape index (κ3) is 3.03. The molecule has 3 rings (SSSR count). The summed E-state index contributed by atoms with van der Waals surface area (Å²) in [4.78, 5) is 12.2. The Morgan fingerprint density at radius 1 is 1.30 bits per heavy atom. The number of hydrogen-bond acceptors (Lipinski definition) is 4. The third-order valence-electron chi connectivity index (χ3n) is 3.51. The van der Waals surface area contributed by atoms with E-state index in [4.69, 9.17) is 21.4 Å². The normalized spacial score (nSPS) is 10.5. The molecule has 0 aliphatic rings. The topological polar surface area (TPSA) is 71.8 Å². The number of nitriles is 1. The lowest BCUT2D eigenvalue weighted by Gasteiger charge is -2.04. The Morgan fingerprint density at radius 2 is 2.04 bits per heavy atom. The quantitative estimate of drug-likeness (QED) is 0.740. The predicted molar refractivity (Wildman–Crippen MR) is 86.2 cm³/mol. The summed E-state index contributed by atoms with van der Waals surface area (Å²) in [7, 11) is 0. The minimum Gasteiger partial charge on any atom is -0.359 e. The molecule has 2 aromatic heterocycles. The Hall–Kier alpha value is -2.84. The van der Waals surface area contributed by atoms with Crippen molar-refractivity contribution in [1.29, 1.82) is 5.26 Å². The van der Waals surface area contributed by atoms with E-state index in [1.54, 1.807) is 37.4 Å². The van der Waals surface area contributed by atoms with Gasteiger partial charge in [-0.05, 0) is 30.7 Å². The molecule has 0 aliphatic heterocycles. The minimum atomic E-state index is -0.336. The SMILES string of the molecule is Cc1ccn(Cc2cc(-c3ccc(Cl)cc3)no2)c(=O)c1C#N. The lowest BCUT2D eigenvalue weighted by Crippen LogP contribution is -2.23. The monoisotopic (exact) mass is 325 g/mol. The Bertz CT molecular complexity index is 949. The van der Waals surface area contributed by atoms with Crippen LogP contribution < -0.4 is 5.56 Å². The predicted octanol–water partition coefficient (Wildman–Crippen LogP) is 3.39. The van der Waals surface area contributed by atoms with E-state index in [9.17, 15) is 4.79 Å². The van der Waals surface area contributed by atoms with Crippen molar-refractivity contribution in [2.24, 2.45) is 0 Å². The van der Waals surface area contributed by atoms with Crippen LogP contribution in [-0.2, 0) is 6.54 Å². The fraction of sp³-hybridized carbons (Fsp3) is 0.118. The highest BCUT2D eigenvalue weighted by molar-refractivity contribution is 6.30. The van der Waals surface area contributed by atoms with Gasteiger partial charge in [0.15, 0.2) is 5.76 Å². The molecule has 0 radical (unpaired) electrons. The summed E-state index contributed by atoms with van der Waals surface area (Å²) in [6.45, 7) is 1.95. The second kappa shape index (κ2) is 6.11. The fourth-order valence-electron chi connectivity index (χ4n) is 2.24. The molecule has 3 aromatic rings. The molecule has 114 valence electrons. The molecule has 2 heterocycles. The Labute approximate surface area is 137 Å². The maximum Gasteiger partial charge on any atom is 0.269 e. The lowest BCUT2D eigenvalue weighted by atomic mass is 10.1. The van der Waals surface area contributed by atoms with E-state index in [-0.39, 0.29) is 17.7 Å². The molecule has 0 atom stereocenters. The standard InChI is InChI=1S/C17H12ClN3O2/c1-11-6-7-21(17(22)15(11)9-19)10-14-8-16(20-23-14)12-2-4-13(18)5-3-12/h2-8H,10H2,1H3. The van der Waals surface area contributed by atoms with Crippen LogP contribution in [-0.4, -0.2) is 9.72 Å². The number of benzene rings is 1. The number of nitrogens with zero attached hydrogens (tertiary/aromatic N) is 3. The molecule has 0 spiro atoms. The lowest BCUT2D eigenvalue weighted by molar-refractivity contribution is 0.377. The van der Waals surface area contributed by atoms with Crippen LogP contribution in [0.2, 0.25) is 5.02 Å². The van der Waals surface area contributed by atoms with Gasteiger partial charge >= 0.3 is 0 Å². The number of aryl methyl sites for hydroxylation is 1. The summed E-state index contributed by atoms with van der Waals surface area (Å²) in [5.41, 5.74) is 2.01. The highest BCUT2D eigenvalue weighted by atomic mass is 35.5. The molecular weight excluding hydrogens is 314 g/mol. The zero-order valence-electron chi connectivity index (χ0n) is 12.3. The summed E-state index contributed by atoms with van der Waals surface area (Å²) in [5.74, 6) is 0.532. The molecule has 0 bridgehead atoms. The molecule has 1 aromatic carbocycles. The number of aromatic nitrogens is 2. The van der Waals surface area contributed by atoms with Crippen molar-refractivity contribution in [3.8, 4) is 17.3 Å². The van der Waals surface area contributed by atoms with Crippen LogP contribution in [0, 0.1) is 18.3 Å². The molecule has 6 heteroatoms. The summed E-state index contributed by atoms with van der Waals surface area (Å²) in [6.07, 6.45) is 1.64. The van der Waals surface area contributed by atoms with Gasteiger partial charge in [0.1, 0.15) is 17.3 Å². The molecule has 0 amide bonds. The van der Waals surface area contributed by atoms with Crippen LogP contribution in [0.1, 0.15) is 16.9 Å². The average Bonchev–Trinajstić information content (AvgIpc) is 3.00. The van der Waals surface area contributed by atoms with Crippen LogP contribution >= 0.6 is 11.6 Å². The summed E-state index contributed by atoms with van der Waals surface area (Å²) >= 11 is 5.86. The second-order valence-electron chi connectivity index (χ2n) is 5.10. The summed E-state index contributed by atoms with van der Waals surface area (Å²) in [6, 6.07) is 12.7. The summed E-state index contributed by atoms with van der Waals surface area (Å²) in [5, 5.41) is 13.7. The van der Waals surface area contributed by atoms with Gasteiger partial charge in [0.25, 0.3) is 5.56 Å². The first kappa shape index (κ1) is 15.1. The molecule has 0 saturated carbocycles. The maximum atomic E-state index is 12.2. The molecule has 0 N–H and O–H groups in total. The van der Waals surface area contributed by atoms with Gasteiger partial charge in [-0.25, -0.2) is 0 Å². The first-order valence-electron chi connectivity index (χ1n) is 6.90. The molecular formula is C17H12ClN3O2. The molecule has 0 saturated heterocycles. The first-order valence-corrected chi connectivity index (χ1v) is 7.28. The maximum absolute atomic E-state index is 12.2. The van der Waals surface area contributed by atoms with Crippen LogP contribution in [0.15, 0.2) is 51.9 Å². The van der Waals surface area contributed by atoms with E-state index in [0.29, 0.717) is 22.0 Å². The average molecular weight is 326 g/mol. The van der Waals surface area contributed by atoms with Gasteiger partial charge in [0.05, 0.1) is 6.54 Å². The van der Waals surface area contributed by atoms with E-state index in [1.165, 1.54) is 4.57 Å².